The van der Waals surface area contributed by atoms with E-state index in [1.54, 1.807) is 20.8 Å². The fourth-order valence-electron chi connectivity index (χ4n) is 3.94. The Hall–Kier alpha value is -3.02. The van der Waals surface area contributed by atoms with E-state index in [2.05, 4.69) is 15.3 Å². The van der Waals surface area contributed by atoms with Crippen molar-refractivity contribution in [2.45, 2.75) is 50.9 Å². The molecule has 31 heavy (non-hydrogen) atoms. The van der Waals surface area contributed by atoms with Crippen LogP contribution in [0.1, 0.15) is 35.8 Å². The molecule has 0 radical (unpaired) electrons. The third kappa shape index (κ3) is 4.24. The number of fused-ring (bicyclic) bond motifs is 1. The summed E-state index contributed by atoms with van der Waals surface area (Å²) >= 11 is 0. The minimum Gasteiger partial charge on any atom is -0.371 e. The van der Waals surface area contributed by atoms with E-state index in [9.17, 15) is 19.2 Å². The van der Waals surface area contributed by atoms with Gasteiger partial charge in [-0.3, -0.25) is 23.9 Å². The summed E-state index contributed by atoms with van der Waals surface area (Å²) in [7, 11) is 0. The molecule has 3 N–H and O–H groups in total. The summed E-state index contributed by atoms with van der Waals surface area (Å²) in [5.74, 6) is -1.34. The molecule has 4 atom stereocenters. The van der Waals surface area contributed by atoms with E-state index < -0.39 is 47.3 Å². The fourth-order valence-corrected chi connectivity index (χ4v) is 3.94. The standard InChI is InChI=1S/C20H24N4O7/c1-10-8-24(19(28)23-17(10)26)12-9-29-13(16-15(12)30-20(2,3)31-16)7-22-18(27)11-4-5-21-14(25)6-11/h4-6,8,12-13,15-16H,7,9H2,1-3H3,(H,21,25)(H,22,27)(H,23,26,28)/t12-,13-,15+,16-/m1/s1. The van der Waals surface area contributed by atoms with E-state index in [0.29, 0.717) is 5.56 Å². The third-order valence-electron chi connectivity index (χ3n) is 5.39. The van der Waals surface area contributed by atoms with E-state index in [4.69, 9.17) is 14.2 Å². The Morgan fingerprint density at radius 2 is 2.00 bits per heavy atom. The van der Waals surface area contributed by atoms with Crippen molar-refractivity contribution in [2.24, 2.45) is 0 Å². The summed E-state index contributed by atoms with van der Waals surface area (Å²) in [6.45, 7) is 5.37. The number of aromatic nitrogens is 3. The number of H-pyrrole nitrogens is 2. The average Bonchev–Trinajstić information content (AvgIpc) is 3.04. The Morgan fingerprint density at radius 1 is 1.26 bits per heavy atom. The Labute approximate surface area is 176 Å². The van der Waals surface area contributed by atoms with Gasteiger partial charge >= 0.3 is 5.69 Å². The summed E-state index contributed by atoms with van der Waals surface area (Å²) in [6, 6.07) is 2.19. The highest BCUT2D eigenvalue weighted by molar-refractivity contribution is 5.93. The first-order valence-electron chi connectivity index (χ1n) is 9.91. The zero-order valence-electron chi connectivity index (χ0n) is 17.3. The monoisotopic (exact) mass is 432 g/mol. The van der Waals surface area contributed by atoms with Crippen molar-refractivity contribution in [3.63, 3.8) is 0 Å². The second-order valence-corrected chi connectivity index (χ2v) is 8.13. The molecule has 1 amide bonds. The number of carbonyl (C=O) groups is 1. The summed E-state index contributed by atoms with van der Waals surface area (Å²) in [5, 5.41) is 2.75. The Kier molecular flexibility index (Phi) is 5.42. The number of nitrogens with zero attached hydrogens (tertiary/aromatic N) is 1. The molecule has 0 bridgehead atoms. The highest BCUT2D eigenvalue weighted by Gasteiger charge is 2.52. The molecule has 2 aromatic rings. The number of aryl methyl sites for hydroxylation is 1. The largest absolute Gasteiger partial charge is 0.371 e. The van der Waals surface area contributed by atoms with Gasteiger partial charge in [-0.05, 0) is 26.8 Å². The lowest BCUT2D eigenvalue weighted by Gasteiger charge is -2.37. The van der Waals surface area contributed by atoms with E-state index in [1.807, 2.05) is 0 Å². The second-order valence-electron chi connectivity index (χ2n) is 8.13. The topological polar surface area (TPSA) is 145 Å². The van der Waals surface area contributed by atoms with Crippen LogP contribution in [0.4, 0.5) is 0 Å². The lowest BCUT2D eigenvalue weighted by Crippen LogP contribution is -2.54. The number of nitrogens with one attached hydrogen (secondary N) is 3. The van der Waals surface area contributed by atoms with Gasteiger partial charge in [0.15, 0.2) is 5.79 Å². The highest BCUT2D eigenvalue weighted by atomic mass is 16.8. The average molecular weight is 432 g/mol. The molecular formula is C20H24N4O7. The number of hydrogen-bond donors (Lipinski definition) is 3. The Bertz CT molecular complexity index is 1160. The number of aromatic amines is 2. The van der Waals surface area contributed by atoms with Gasteiger partial charge in [-0.15, -0.1) is 0 Å². The quantitative estimate of drug-likeness (QED) is 0.586. The SMILES string of the molecule is Cc1cn([C@@H]2CO[C@H](CNC(=O)c3cc[nH]c(=O)c3)[C@H]3OC(C)(C)O[C@H]32)c(=O)[nH]c1=O. The molecule has 0 aromatic carbocycles. The van der Waals surface area contributed by atoms with Crippen LogP contribution < -0.4 is 22.1 Å². The minimum atomic E-state index is -0.920. The van der Waals surface area contributed by atoms with Crippen molar-refractivity contribution >= 4 is 5.91 Å². The summed E-state index contributed by atoms with van der Waals surface area (Å²) in [5.41, 5.74) is -0.758. The van der Waals surface area contributed by atoms with E-state index >= 15 is 0 Å². The maximum Gasteiger partial charge on any atom is 0.328 e. The number of hydrogen-bond acceptors (Lipinski definition) is 7. The van der Waals surface area contributed by atoms with Crippen molar-refractivity contribution < 1.29 is 19.0 Å². The van der Waals surface area contributed by atoms with Crippen molar-refractivity contribution in [3.05, 3.63) is 66.8 Å². The Balaban J connectivity index is 1.54. The molecule has 4 rings (SSSR count). The molecule has 0 spiro atoms. The third-order valence-corrected chi connectivity index (χ3v) is 5.39. The molecular weight excluding hydrogens is 408 g/mol. The van der Waals surface area contributed by atoms with Crippen LogP contribution >= 0.6 is 0 Å². The van der Waals surface area contributed by atoms with E-state index in [0.717, 1.165) is 0 Å². The molecule has 11 heteroatoms. The van der Waals surface area contributed by atoms with E-state index in [1.165, 1.54) is 29.1 Å². The van der Waals surface area contributed by atoms with Crippen molar-refractivity contribution in [1.29, 1.82) is 0 Å². The number of carbonyl (C=O) groups excluding carboxylic acids is 1. The number of ether oxygens (including phenoxy) is 3. The fraction of sp³-hybridized carbons (Fsp3) is 0.500. The molecule has 166 valence electrons. The summed E-state index contributed by atoms with van der Waals surface area (Å²) in [6.07, 6.45) is 1.25. The maximum absolute atomic E-state index is 12.4. The highest BCUT2D eigenvalue weighted by Crippen LogP contribution is 2.39. The lowest BCUT2D eigenvalue weighted by molar-refractivity contribution is -0.153. The van der Waals surface area contributed by atoms with Gasteiger partial charge in [0.25, 0.3) is 11.5 Å². The van der Waals surface area contributed by atoms with Gasteiger partial charge in [0.2, 0.25) is 5.56 Å². The van der Waals surface area contributed by atoms with Crippen LogP contribution in [0.25, 0.3) is 0 Å². The van der Waals surface area contributed by atoms with Crippen LogP contribution in [0.15, 0.2) is 38.9 Å². The van der Waals surface area contributed by atoms with Crippen molar-refractivity contribution in [2.75, 3.05) is 13.2 Å². The first-order chi connectivity index (χ1) is 14.6. The molecule has 11 nitrogen and oxygen atoms in total. The van der Waals surface area contributed by atoms with Gasteiger partial charge in [-0.2, -0.15) is 0 Å². The van der Waals surface area contributed by atoms with Crippen LogP contribution in [0.2, 0.25) is 0 Å². The lowest BCUT2D eigenvalue weighted by atomic mass is 9.97. The zero-order valence-corrected chi connectivity index (χ0v) is 17.3. The molecule has 0 aliphatic carbocycles. The Morgan fingerprint density at radius 3 is 2.74 bits per heavy atom. The number of amides is 1. The predicted molar refractivity (Wildman–Crippen MR) is 108 cm³/mol. The van der Waals surface area contributed by atoms with Gasteiger partial charge < -0.3 is 24.5 Å². The molecule has 2 saturated heterocycles. The van der Waals surface area contributed by atoms with Crippen molar-refractivity contribution in [3.8, 4) is 0 Å². The summed E-state index contributed by atoms with van der Waals surface area (Å²) in [4.78, 5) is 52.7. The zero-order chi connectivity index (χ0) is 22.3. The van der Waals surface area contributed by atoms with Crippen LogP contribution in [-0.2, 0) is 14.2 Å². The number of rotatable bonds is 4. The van der Waals surface area contributed by atoms with Gasteiger partial charge in [-0.1, -0.05) is 0 Å². The van der Waals surface area contributed by atoms with Gasteiger partial charge in [0.1, 0.15) is 18.3 Å². The predicted octanol–water partition coefficient (Wildman–Crippen LogP) is -0.577. The maximum atomic E-state index is 12.4. The minimum absolute atomic E-state index is 0.123. The van der Waals surface area contributed by atoms with Gasteiger partial charge in [-0.25, -0.2) is 4.79 Å². The van der Waals surface area contributed by atoms with Gasteiger partial charge in [0.05, 0.1) is 12.6 Å². The van der Waals surface area contributed by atoms with Crippen LogP contribution in [0.5, 0.6) is 0 Å². The van der Waals surface area contributed by atoms with Crippen molar-refractivity contribution in [1.82, 2.24) is 19.9 Å². The van der Waals surface area contributed by atoms with Crippen LogP contribution in [0, 0.1) is 6.92 Å². The van der Waals surface area contributed by atoms with E-state index in [-0.39, 0.29) is 24.3 Å². The molecule has 0 saturated carbocycles. The number of pyridine rings is 1. The summed E-state index contributed by atoms with van der Waals surface area (Å²) < 4.78 is 19.4. The molecule has 2 aromatic heterocycles. The van der Waals surface area contributed by atoms with Crippen LogP contribution in [0.3, 0.4) is 0 Å². The van der Waals surface area contributed by atoms with Gasteiger partial charge in [0, 0.05) is 36.1 Å². The molecule has 0 unspecified atom stereocenters. The first kappa shape index (κ1) is 21.2. The molecule has 4 heterocycles. The second kappa shape index (κ2) is 7.91. The molecule has 2 aliphatic heterocycles. The van der Waals surface area contributed by atoms with Crippen LogP contribution in [-0.4, -0.2) is 57.7 Å². The smallest absolute Gasteiger partial charge is 0.328 e. The molecule has 2 aliphatic rings. The molecule has 2 fully saturated rings. The first-order valence-corrected chi connectivity index (χ1v) is 9.91. The normalized spacial score (nSPS) is 26.9.